The summed E-state index contributed by atoms with van der Waals surface area (Å²) in [5.41, 5.74) is 3.42. The molecule has 3 nitrogen and oxygen atoms in total. The van der Waals surface area contributed by atoms with Crippen LogP contribution in [0.3, 0.4) is 0 Å². The lowest BCUT2D eigenvalue weighted by molar-refractivity contribution is 1.12. The molecule has 0 atom stereocenters. The van der Waals surface area contributed by atoms with Gasteiger partial charge in [0.1, 0.15) is 11.1 Å². The van der Waals surface area contributed by atoms with Crippen LogP contribution in [0.5, 0.6) is 0 Å². The SMILES string of the molecule is N#CCSc1nc(-c2ccc(Cl)cc2)cc(-c2ccccc2Cl)c1C#N. The maximum atomic E-state index is 9.70. The van der Waals surface area contributed by atoms with Crippen LogP contribution in [0, 0.1) is 22.7 Å². The van der Waals surface area contributed by atoms with E-state index in [1.807, 2.05) is 36.4 Å². The van der Waals surface area contributed by atoms with Crippen LogP contribution >= 0.6 is 35.0 Å². The van der Waals surface area contributed by atoms with Crippen molar-refractivity contribution >= 4 is 35.0 Å². The molecule has 0 radical (unpaired) electrons. The molecule has 0 amide bonds. The molecule has 0 unspecified atom stereocenters. The Bertz CT molecular complexity index is 1030. The number of thioether (sulfide) groups is 1. The summed E-state index contributed by atoms with van der Waals surface area (Å²) in [5.74, 6) is 0.202. The van der Waals surface area contributed by atoms with Crippen molar-refractivity contribution in [1.82, 2.24) is 4.98 Å². The van der Waals surface area contributed by atoms with Crippen molar-refractivity contribution < 1.29 is 0 Å². The third-order valence-electron chi connectivity index (χ3n) is 3.68. The predicted molar refractivity (Wildman–Crippen MR) is 106 cm³/mol. The molecule has 0 fully saturated rings. The van der Waals surface area contributed by atoms with Gasteiger partial charge in [-0.05, 0) is 24.3 Å². The van der Waals surface area contributed by atoms with Crippen molar-refractivity contribution in [2.75, 3.05) is 5.75 Å². The molecule has 0 aliphatic carbocycles. The molecule has 0 aliphatic heterocycles. The Balaban J connectivity index is 2.26. The van der Waals surface area contributed by atoms with Crippen LogP contribution in [0.4, 0.5) is 0 Å². The van der Waals surface area contributed by atoms with E-state index in [-0.39, 0.29) is 5.75 Å². The minimum absolute atomic E-state index is 0.202. The monoisotopic (exact) mass is 395 g/mol. The Kier molecular flexibility index (Phi) is 5.81. The van der Waals surface area contributed by atoms with Gasteiger partial charge in [-0.15, -0.1) is 0 Å². The third-order valence-corrected chi connectivity index (χ3v) is 5.10. The summed E-state index contributed by atoms with van der Waals surface area (Å²) >= 11 is 13.6. The van der Waals surface area contributed by atoms with E-state index in [2.05, 4.69) is 17.1 Å². The quantitative estimate of drug-likeness (QED) is 0.492. The van der Waals surface area contributed by atoms with Gasteiger partial charge in [0.25, 0.3) is 0 Å². The standard InChI is InChI=1S/C20H11Cl2N3S/c21-14-7-5-13(6-8-14)19-11-16(15-3-1-2-4-18(15)22)17(12-24)20(25-19)26-10-9-23/h1-8,11H,10H2. The van der Waals surface area contributed by atoms with Gasteiger partial charge in [0.2, 0.25) is 0 Å². The predicted octanol–water partition coefficient (Wildman–Crippen LogP) is 6.21. The van der Waals surface area contributed by atoms with Crippen LogP contribution < -0.4 is 0 Å². The van der Waals surface area contributed by atoms with E-state index < -0.39 is 0 Å². The normalized spacial score (nSPS) is 10.2. The summed E-state index contributed by atoms with van der Waals surface area (Å²) in [6, 6.07) is 20.8. The lowest BCUT2D eigenvalue weighted by atomic mass is 9.99. The molecule has 0 spiro atoms. The van der Waals surface area contributed by atoms with E-state index in [0.717, 1.165) is 11.1 Å². The molecule has 1 heterocycles. The zero-order chi connectivity index (χ0) is 18.5. The van der Waals surface area contributed by atoms with Gasteiger partial charge in [0, 0.05) is 26.7 Å². The Morgan fingerprint density at radius 2 is 1.69 bits per heavy atom. The number of aromatic nitrogens is 1. The topological polar surface area (TPSA) is 60.5 Å². The van der Waals surface area contributed by atoms with Crippen LogP contribution in [0.25, 0.3) is 22.4 Å². The average Bonchev–Trinajstić information content (AvgIpc) is 2.66. The number of nitriles is 2. The molecule has 126 valence electrons. The molecule has 0 saturated carbocycles. The molecule has 0 bridgehead atoms. The van der Waals surface area contributed by atoms with E-state index in [9.17, 15) is 5.26 Å². The minimum atomic E-state index is 0.202. The molecule has 0 N–H and O–H groups in total. The number of rotatable bonds is 4. The van der Waals surface area contributed by atoms with Gasteiger partial charge in [0.15, 0.2) is 0 Å². The van der Waals surface area contributed by atoms with E-state index in [0.29, 0.717) is 31.9 Å². The Hall–Kier alpha value is -2.50. The molecule has 0 aliphatic rings. The first-order valence-corrected chi connectivity index (χ1v) is 9.34. The highest BCUT2D eigenvalue weighted by Gasteiger charge is 2.17. The molecule has 3 rings (SSSR count). The largest absolute Gasteiger partial charge is 0.240 e. The number of pyridine rings is 1. The van der Waals surface area contributed by atoms with Gasteiger partial charge in [-0.1, -0.05) is 65.3 Å². The number of nitrogens with zero attached hydrogens (tertiary/aromatic N) is 3. The molecule has 6 heteroatoms. The molecular formula is C20H11Cl2N3S. The molecule has 0 saturated heterocycles. The first-order valence-electron chi connectivity index (χ1n) is 7.59. The Morgan fingerprint density at radius 1 is 0.962 bits per heavy atom. The maximum absolute atomic E-state index is 9.70. The van der Waals surface area contributed by atoms with Crippen LogP contribution in [0.2, 0.25) is 10.0 Å². The first kappa shape index (κ1) is 18.3. The molecule has 1 aromatic heterocycles. The number of hydrogen-bond donors (Lipinski definition) is 0. The van der Waals surface area contributed by atoms with Crippen molar-refractivity contribution in [2.45, 2.75) is 5.03 Å². The van der Waals surface area contributed by atoms with Crippen molar-refractivity contribution in [3.05, 3.63) is 70.2 Å². The van der Waals surface area contributed by atoms with Gasteiger partial charge in [-0.2, -0.15) is 10.5 Å². The second-order valence-corrected chi connectivity index (χ2v) is 7.09. The fourth-order valence-corrected chi connectivity index (χ4v) is 3.52. The number of halogens is 2. The molecular weight excluding hydrogens is 385 g/mol. The second-order valence-electron chi connectivity index (χ2n) is 5.28. The second kappa shape index (κ2) is 8.25. The minimum Gasteiger partial charge on any atom is -0.240 e. The van der Waals surface area contributed by atoms with Crippen LogP contribution in [0.1, 0.15) is 5.56 Å². The van der Waals surface area contributed by atoms with Crippen molar-refractivity contribution in [3.63, 3.8) is 0 Å². The fourth-order valence-electron chi connectivity index (χ4n) is 2.50. The number of hydrogen-bond acceptors (Lipinski definition) is 4. The smallest absolute Gasteiger partial charge is 0.116 e. The fraction of sp³-hybridized carbons (Fsp3) is 0.0500. The average molecular weight is 396 g/mol. The summed E-state index contributed by atoms with van der Waals surface area (Å²) in [6.07, 6.45) is 0. The van der Waals surface area contributed by atoms with Gasteiger partial charge < -0.3 is 0 Å². The van der Waals surface area contributed by atoms with Gasteiger partial charge in [0.05, 0.1) is 23.1 Å². The summed E-state index contributed by atoms with van der Waals surface area (Å²) in [6.45, 7) is 0. The molecule has 2 aromatic carbocycles. The highest BCUT2D eigenvalue weighted by Crippen LogP contribution is 2.37. The van der Waals surface area contributed by atoms with E-state index in [1.165, 1.54) is 11.8 Å². The van der Waals surface area contributed by atoms with Gasteiger partial charge in [-0.3, -0.25) is 0 Å². The zero-order valence-corrected chi connectivity index (χ0v) is 15.7. The lowest BCUT2D eigenvalue weighted by Gasteiger charge is -2.13. The van der Waals surface area contributed by atoms with Crippen molar-refractivity contribution in [3.8, 4) is 34.5 Å². The van der Waals surface area contributed by atoms with Crippen LogP contribution in [0.15, 0.2) is 59.6 Å². The first-order chi connectivity index (χ1) is 12.6. The summed E-state index contributed by atoms with van der Waals surface area (Å²) in [7, 11) is 0. The highest BCUT2D eigenvalue weighted by molar-refractivity contribution is 7.99. The van der Waals surface area contributed by atoms with Crippen LogP contribution in [-0.2, 0) is 0 Å². The van der Waals surface area contributed by atoms with E-state index in [4.69, 9.17) is 28.5 Å². The molecule has 3 aromatic rings. The maximum Gasteiger partial charge on any atom is 0.116 e. The van der Waals surface area contributed by atoms with Crippen LogP contribution in [-0.4, -0.2) is 10.7 Å². The van der Waals surface area contributed by atoms with Gasteiger partial charge in [-0.25, -0.2) is 4.98 Å². The van der Waals surface area contributed by atoms with Crippen molar-refractivity contribution in [2.24, 2.45) is 0 Å². The Labute approximate surface area is 165 Å². The lowest BCUT2D eigenvalue weighted by Crippen LogP contribution is -1.96. The van der Waals surface area contributed by atoms with Crippen molar-refractivity contribution in [1.29, 1.82) is 10.5 Å². The van der Waals surface area contributed by atoms with E-state index >= 15 is 0 Å². The summed E-state index contributed by atoms with van der Waals surface area (Å²) in [4.78, 5) is 4.60. The Morgan fingerprint density at radius 3 is 2.35 bits per heavy atom. The number of benzene rings is 2. The third kappa shape index (κ3) is 3.84. The summed E-state index contributed by atoms with van der Waals surface area (Å²) < 4.78 is 0. The zero-order valence-electron chi connectivity index (χ0n) is 13.4. The van der Waals surface area contributed by atoms with E-state index in [1.54, 1.807) is 18.2 Å². The highest BCUT2D eigenvalue weighted by atomic mass is 35.5. The van der Waals surface area contributed by atoms with Gasteiger partial charge >= 0.3 is 0 Å². The summed E-state index contributed by atoms with van der Waals surface area (Å²) in [5, 5.41) is 20.3. The molecule has 26 heavy (non-hydrogen) atoms.